The quantitative estimate of drug-likeness (QED) is 0.460. The lowest BCUT2D eigenvalue weighted by Crippen LogP contribution is -2.24. The molecular weight excluding hydrogens is 404 g/mol. The Kier molecular flexibility index (Phi) is 5.76. The summed E-state index contributed by atoms with van der Waals surface area (Å²) in [5.74, 6) is 0. The Labute approximate surface area is 186 Å². The first kappa shape index (κ1) is 20.2. The van der Waals surface area contributed by atoms with Gasteiger partial charge in [-0.1, -0.05) is 36.4 Å². The van der Waals surface area contributed by atoms with Gasteiger partial charge in [0.05, 0.1) is 12.3 Å². The fourth-order valence-electron chi connectivity index (χ4n) is 4.18. The van der Waals surface area contributed by atoms with Crippen molar-refractivity contribution in [3.8, 4) is 22.3 Å². The number of β-amino-alcohol motifs (C(OH)–C–C–N with tert-alkyl or cyclic N) is 1. The van der Waals surface area contributed by atoms with Crippen LogP contribution >= 0.6 is 11.8 Å². The van der Waals surface area contributed by atoms with Gasteiger partial charge in [-0.05, 0) is 47.9 Å². The average Bonchev–Trinajstić information content (AvgIpc) is 3.43. The highest BCUT2D eigenvalue weighted by molar-refractivity contribution is 7.98. The van der Waals surface area contributed by atoms with E-state index in [1.165, 1.54) is 10.5 Å². The Morgan fingerprint density at radius 3 is 2.71 bits per heavy atom. The maximum absolute atomic E-state index is 9.67. The lowest BCUT2D eigenvalue weighted by Gasteiger charge is -2.14. The number of likely N-dealkylation sites (tertiary alicyclic amines) is 1. The largest absolute Gasteiger partial charge is 0.392 e. The van der Waals surface area contributed by atoms with Crippen LogP contribution < -0.4 is 0 Å². The molecule has 5 nitrogen and oxygen atoms in total. The van der Waals surface area contributed by atoms with Gasteiger partial charge in [0.2, 0.25) is 0 Å². The number of benzene rings is 2. The van der Waals surface area contributed by atoms with Gasteiger partial charge in [0, 0.05) is 48.1 Å². The predicted octanol–water partition coefficient (Wildman–Crippen LogP) is 4.39. The van der Waals surface area contributed by atoms with Gasteiger partial charge in [-0.15, -0.1) is 11.8 Å². The zero-order valence-electron chi connectivity index (χ0n) is 17.6. The molecule has 5 rings (SSSR count). The summed E-state index contributed by atoms with van der Waals surface area (Å²) in [6.07, 6.45) is 9.70. The summed E-state index contributed by atoms with van der Waals surface area (Å²) in [4.78, 5) is 8.30. The number of nitrogens with zero attached hydrogens (tertiary/aromatic N) is 4. The minimum atomic E-state index is -0.151. The molecule has 0 saturated carbocycles. The van der Waals surface area contributed by atoms with Crippen molar-refractivity contribution in [2.75, 3.05) is 25.9 Å². The second kappa shape index (κ2) is 8.83. The zero-order chi connectivity index (χ0) is 21.2. The molecule has 1 N–H and O–H groups in total. The number of rotatable bonds is 6. The van der Waals surface area contributed by atoms with Crippen LogP contribution in [0.4, 0.5) is 0 Å². The van der Waals surface area contributed by atoms with Crippen LogP contribution in [0.25, 0.3) is 27.9 Å². The van der Waals surface area contributed by atoms with Gasteiger partial charge < -0.3 is 10.0 Å². The van der Waals surface area contributed by atoms with Gasteiger partial charge in [-0.3, -0.25) is 0 Å². The fraction of sp³-hybridized carbons (Fsp3) is 0.280. The van der Waals surface area contributed by atoms with Crippen molar-refractivity contribution in [2.24, 2.45) is 0 Å². The van der Waals surface area contributed by atoms with Gasteiger partial charge in [-0.25, -0.2) is 9.50 Å². The summed E-state index contributed by atoms with van der Waals surface area (Å²) in [5.41, 5.74) is 6.55. The summed E-state index contributed by atoms with van der Waals surface area (Å²) in [6, 6.07) is 17.2. The van der Waals surface area contributed by atoms with Crippen molar-refractivity contribution in [3.05, 3.63) is 72.7 Å². The SMILES string of the molecule is CSc1cccc(-c2cnn3cc(-c4ccc(CCN5CCC(O)C5)cc4)cnc23)c1. The summed E-state index contributed by atoms with van der Waals surface area (Å²) in [6.45, 7) is 2.80. The molecule has 0 radical (unpaired) electrons. The fourth-order valence-corrected chi connectivity index (χ4v) is 4.64. The molecule has 0 amide bonds. The van der Waals surface area contributed by atoms with E-state index >= 15 is 0 Å². The number of aliphatic hydroxyl groups excluding tert-OH is 1. The molecule has 0 bridgehead atoms. The maximum Gasteiger partial charge on any atom is 0.162 e. The minimum absolute atomic E-state index is 0.151. The predicted molar refractivity (Wildman–Crippen MR) is 126 cm³/mol. The highest BCUT2D eigenvalue weighted by Crippen LogP contribution is 2.28. The lowest BCUT2D eigenvalue weighted by atomic mass is 10.0. The Morgan fingerprint density at radius 2 is 1.94 bits per heavy atom. The molecule has 1 unspecified atom stereocenters. The first-order valence-corrected chi connectivity index (χ1v) is 11.9. The molecule has 158 valence electrons. The molecule has 1 atom stereocenters. The van der Waals surface area contributed by atoms with Gasteiger partial charge in [0.15, 0.2) is 5.65 Å². The molecule has 1 aliphatic rings. The van der Waals surface area contributed by atoms with E-state index in [9.17, 15) is 5.11 Å². The van der Waals surface area contributed by atoms with Crippen molar-refractivity contribution < 1.29 is 5.11 Å². The summed E-state index contributed by atoms with van der Waals surface area (Å²) >= 11 is 1.74. The van der Waals surface area contributed by atoms with E-state index in [1.807, 2.05) is 23.1 Å². The van der Waals surface area contributed by atoms with Gasteiger partial charge in [0.25, 0.3) is 0 Å². The molecule has 0 spiro atoms. The lowest BCUT2D eigenvalue weighted by molar-refractivity contribution is 0.177. The van der Waals surface area contributed by atoms with E-state index in [0.29, 0.717) is 0 Å². The number of aliphatic hydroxyl groups is 1. The van der Waals surface area contributed by atoms with Gasteiger partial charge >= 0.3 is 0 Å². The van der Waals surface area contributed by atoms with E-state index < -0.39 is 0 Å². The van der Waals surface area contributed by atoms with Crippen LogP contribution in [-0.2, 0) is 6.42 Å². The van der Waals surface area contributed by atoms with Crippen LogP contribution in [0.15, 0.2) is 72.0 Å². The van der Waals surface area contributed by atoms with Crippen LogP contribution in [0.2, 0.25) is 0 Å². The molecule has 2 aromatic carbocycles. The molecule has 1 fully saturated rings. The number of thioether (sulfide) groups is 1. The molecule has 6 heteroatoms. The monoisotopic (exact) mass is 430 g/mol. The van der Waals surface area contributed by atoms with E-state index in [2.05, 4.69) is 64.8 Å². The van der Waals surface area contributed by atoms with E-state index in [0.717, 1.165) is 60.4 Å². The first-order valence-electron chi connectivity index (χ1n) is 10.7. The third-order valence-electron chi connectivity index (χ3n) is 5.99. The van der Waals surface area contributed by atoms with E-state index in [-0.39, 0.29) is 6.10 Å². The van der Waals surface area contributed by atoms with Crippen LogP contribution in [0.1, 0.15) is 12.0 Å². The zero-order valence-corrected chi connectivity index (χ0v) is 18.4. The van der Waals surface area contributed by atoms with E-state index in [1.54, 1.807) is 11.8 Å². The van der Waals surface area contributed by atoms with E-state index in [4.69, 9.17) is 4.98 Å². The second-order valence-corrected chi connectivity index (χ2v) is 8.97. The van der Waals surface area contributed by atoms with Gasteiger partial charge in [0.1, 0.15) is 0 Å². The molecular formula is C25H26N4OS. The number of aromatic nitrogens is 3. The number of fused-ring (bicyclic) bond motifs is 1. The van der Waals surface area contributed by atoms with Crippen molar-refractivity contribution in [1.82, 2.24) is 19.5 Å². The van der Waals surface area contributed by atoms with Crippen LogP contribution in [0.5, 0.6) is 0 Å². The third-order valence-corrected chi connectivity index (χ3v) is 6.71. The number of hydrogen-bond acceptors (Lipinski definition) is 5. The standard InChI is InChI=1S/C25H26N4OS/c1-31-23-4-2-3-20(13-23)24-15-27-29-16-21(14-26-25(24)29)19-7-5-18(6-8-19)9-11-28-12-10-22(30)17-28/h2-8,13-16,22,30H,9-12,17H2,1H3. The summed E-state index contributed by atoms with van der Waals surface area (Å²) in [5, 5.41) is 14.2. The van der Waals surface area contributed by atoms with Crippen LogP contribution in [-0.4, -0.2) is 56.6 Å². The Hall–Kier alpha value is -2.67. The van der Waals surface area contributed by atoms with Crippen molar-refractivity contribution in [3.63, 3.8) is 0 Å². The average molecular weight is 431 g/mol. The highest BCUT2D eigenvalue weighted by Gasteiger charge is 2.19. The Balaban J connectivity index is 1.33. The van der Waals surface area contributed by atoms with Crippen molar-refractivity contribution >= 4 is 17.4 Å². The topological polar surface area (TPSA) is 53.7 Å². The molecule has 1 saturated heterocycles. The first-order chi connectivity index (χ1) is 15.2. The Morgan fingerprint density at radius 1 is 1.06 bits per heavy atom. The molecule has 31 heavy (non-hydrogen) atoms. The molecule has 3 heterocycles. The molecule has 2 aromatic heterocycles. The minimum Gasteiger partial charge on any atom is -0.392 e. The summed E-state index contributed by atoms with van der Waals surface area (Å²) < 4.78 is 1.86. The molecule has 4 aromatic rings. The normalized spacial score (nSPS) is 16.9. The Bertz CT molecular complexity index is 1190. The van der Waals surface area contributed by atoms with Crippen LogP contribution in [0, 0.1) is 0 Å². The van der Waals surface area contributed by atoms with Gasteiger partial charge in [-0.2, -0.15) is 5.10 Å². The smallest absolute Gasteiger partial charge is 0.162 e. The van der Waals surface area contributed by atoms with Crippen molar-refractivity contribution in [1.29, 1.82) is 0 Å². The van der Waals surface area contributed by atoms with Crippen molar-refractivity contribution in [2.45, 2.75) is 23.8 Å². The summed E-state index contributed by atoms with van der Waals surface area (Å²) in [7, 11) is 0. The molecule has 1 aliphatic heterocycles. The second-order valence-electron chi connectivity index (χ2n) is 8.09. The molecule has 0 aliphatic carbocycles. The highest BCUT2D eigenvalue weighted by atomic mass is 32.2. The maximum atomic E-state index is 9.67. The number of hydrogen-bond donors (Lipinski definition) is 1. The third kappa shape index (κ3) is 4.37. The van der Waals surface area contributed by atoms with Crippen LogP contribution in [0.3, 0.4) is 0 Å².